The number of ether oxygens (including phenoxy) is 1. The molecule has 1 aliphatic carbocycles. The maximum atomic E-state index is 12.1. The van der Waals surface area contributed by atoms with E-state index < -0.39 is 0 Å². The standard InChI is InChI=1S/C13H21N3O2/c1-3-9-6-4-5-7-11(9)18-13(17)12-10(14)8-15-16(12)2/h8-9,11H,3-7,14H2,1-2H3. The Balaban J connectivity index is 2.06. The third kappa shape index (κ3) is 2.49. The molecule has 100 valence electrons. The Morgan fingerprint density at radius 3 is 2.89 bits per heavy atom. The van der Waals surface area contributed by atoms with E-state index in [1.165, 1.54) is 17.3 Å². The number of nitrogens with two attached hydrogens (primary N) is 1. The van der Waals surface area contributed by atoms with E-state index in [4.69, 9.17) is 10.5 Å². The Kier molecular flexibility index (Phi) is 3.89. The van der Waals surface area contributed by atoms with Crippen molar-refractivity contribution in [2.45, 2.75) is 45.1 Å². The minimum Gasteiger partial charge on any atom is -0.457 e. The van der Waals surface area contributed by atoms with Gasteiger partial charge in [0.15, 0.2) is 5.69 Å². The number of carbonyl (C=O) groups excluding carboxylic acids is 1. The number of aryl methyl sites for hydroxylation is 1. The average Bonchev–Trinajstić information content (AvgIpc) is 2.69. The third-order valence-corrected chi connectivity index (χ3v) is 3.78. The number of anilines is 1. The maximum Gasteiger partial charge on any atom is 0.359 e. The summed E-state index contributed by atoms with van der Waals surface area (Å²) in [6.45, 7) is 2.15. The minimum absolute atomic E-state index is 0.0329. The van der Waals surface area contributed by atoms with Gasteiger partial charge in [0.05, 0.1) is 11.9 Å². The van der Waals surface area contributed by atoms with Crippen molar-refractivity contribution >= 4 is 11.7 Å². The van der Waals surface area contributed by atoms with Crippen molar-refractivity contribution in [1.29, 1.82) is 0 Å². The fourth-order valence-electron chi connectivity index (χ4n) is 2.69. The van der Waals surface area contributed by atoms with E-state index in [2.05, 4.69) is 12.0 Å². The van der Waals surface area contributed by atoms with Crippen LogP contribution in [0.1, 0.15) is 49.5 Å². The molecule has 1 saturated carbocycles. The van der Waals surface area contributed by atoms with Crippen LogP contribution in [0.3, 0.4) is 0 Å². The van der Waals surface area contributed by atoms with Gasteiger partial charge in [-0.1, -0.05) is 13.3 Å². The second kappa shape index (κ2) is 5.42. The molecule has 2 rings (SSSR count). The highest BCUT2D eigenvalue weighted by molar-refractivity contribution is 5.93. The van der Waals surface area contributed by atoms with Gasteiger partial charge >= 0.3 is 5.97 Å². The average molecular weight is 251 g/mol. The SMILES string of the molecule is CCC1CCCCC1OC(=O)c1c(N)cnn1C. The highest BCUT2D eigenvalue weighted by atomic mass is 16.5. The van der Waals surface area contributed by atoms with Crippen LogP contribution >= 0.6 is 0 Å². The van der Waals surface area contributed by atoms with Gasteiger partial charge in [-0.25, -0.2) is 4.79 Å². The second-order valence-corrected chi connectivity index (χ2v) is 4.97. The monoisotopic (exact) mass is 251 g/mol. The van der Waals surface area contributed by atoms with E-state index in [0.717, 1.165) is 25.7 Å². The van der Waals surface area contributed by atoms with Crippen molar-refractivity contribution in [2.24, 2.45) is 13.0 Å². The van der Waals surface area contributed by atoms with Crippen LogP contribution in [0.25, 0.3) is 0 Å². The predicted octanol–water partition coefficient (Wildman–Crippen LogP) is 2.13. The highest BCUT2D eigenvalue weighted by Crippen LogP contribution is 2.30. The lowest BCUT2D eigenvalue weighted by Crippen LogP contribution is -2.30. The van der Waals surface area contributed by atoms with Gasteiger partial charge in [-0.15, -0.1) is 0 Å². The fraction of sp³-hybridized carbons (Fsp3) is 0.692. The summed E-state index contributed by atoms with van der Waals surface area (Å²) < 4.78 is 7.09. The fourth-order valence-corrected chi connectivity index (χ4v) is 2.69. The number of carbonyl (C=O) groups is 1. The molecule has 0 spiro atoms. The Labute approximate surface area is 107 Å². The molecule has 0 saturated heterocycles. The Morgan fingerprint density at radius 2 is 2.28 bits per heavy atom. The molecule has 18 heavy (non-hydrogen) atoms. The molecular formula is C13H21N3O2. The van der Waals surface area contributed by atoms with Crippen LogP contribution < -0.4 is 5.73 Å². The Morgan fingerprint density at radius 1 is 1.56 bits per heavy atom. The number of rotatable bonds is 3. The number of hydrogen-bond donors (Lipinski definition) is 1. The molecule has 2 unspecified atom stereocenters. The van der Waals surface area contributed by atoms with E-state index in [9.17, 15) is 4.79 Å². The van der Waals surface area contributed by atoms with Crippen LogP contribution in [-0.4, -0.2) is 21.9 Å². The molecule has 1 heterocycles. The first-order chi connectivity index (χ1) is 8.63. The third-order valence-electron chi connectivity index (χ3n) is 3.78. The molecule has 5 nitrogen and oxygen atoms in total. The molecule has 1 aromatic rings. The van der Waals surface area contributed by atoms with Crippen LogP contribution in [0.2, 0.25) is 0 Å². The van der Waals surface area contributed by atoms with Gasteiger partial charge in [-0.3, -0.25) is 4.68 Å². The van der Waals surface area contributed by atoms with Crippen molar-refractivity contribution in [3.05, 3.63) is 11.9 Å². The largest absolute Gasteiger partial charge is 0.457 e. The number of hydrogen-bond acceptors (Lipinski definition) is 4. The number of nitrogen functional groups attached to an aromatic ring is 1. The predicted molar refractivity (Wildman–Crippen MR) is 69.1 cm³/mol. The first kappa shape index (κ1) is 12.9. The number of esters is 1. The first-order valence-electron chi connectivity index (χ1n) is 6.62. The lowest BCUT2D eigenvalue weighted by Gasteiger charge is -2.30. The molecule has 0 radical (unpaired) electrons. The van der Waals surface area contributed by atoms with Crippen molar-refractivity contribution in [3.63, 3.8) is 0 Å². The van der Waals surface area contributed by atoms with Gasteiger partial charge in [-0.05, 0) is 31.6 Å². The van der Waals surface area contributed by atoms with Gasteiger partial charge in [0.25, 0.3) is 0 Å². The van der Waals surface area contributed by atoms with Gasteiger partial charge in [0, 0.05) is 7.05 Å². The first-order valence-corrected chi connectivity index (χ1v) is 6.62. The summed E-state index contributed by atoms with van der Waals surface area (Å²) in [6, 6.07) is 0. The second-order valence-electron chi connectivity index (χ2n) is 4.97. The minimum atomic E-state index is -0.349. The molecule has 0 amide bonds. The molecule has 5 heteroatoms. The normalized spacial score (nSPS) is 23.9. The van der Waals surface area contributed by atoms with Crippen LogP contribution in [0.4, 0.5) is 5.69 Å². The van der Waals surface area contributed by atoms with Gasteiger partial charge in [0.2, 0.25) is 0 Å². The molecule has 0 bridgehead atoms. The number of aromatic nitrogens is 2. The maximum absolute atomic E-state index is 12.1. The molecule has 0 aromatic carbocycles. The van der Waals surface area contributed by atoms with Crippen LogP contribution in [-0.2, 0) is 11.8 Å². The summed E-state index contributed by atoms with van der Waals surface area (Å²) in [4.78, 5) is 12.1. The van der Waals surface area contributed by atoms with E-state index >= 15 is 0 Å². The Hall–Kier alpha value is -1.52. The summed E-state index contributed by atoms with van der Waals surface area (Å²) >= 11 is 0. The van der Waals surface area contributed by atoms with Crippen molar-refractivity contribution in [3.8, 4) is 0 Å². The van der Waals surface area contributed by atoms with Crippen LogP contribution in [0, 0.1) is 5.92 Å². The quantitative estimate of drug-likeness (QED) is 0.835. The van der Waals surface area contributed by atoms with Gasteiger partial charge in [0.1, 0.15) is 6.10 Å². The molecule has 2 atom stereocenters. The molecule has 1 aromatic heterocycles. The summed E-state index contributed by atoms with van der Waals surface area (Å²) in [5.74, 6) is 0.134. The van der Waals surface area contributed by atoms with Gasteiger partial charge < -0.3 is 10.5 Å². The summed E-state index contributed by atoms with van der Waals surface area (Å²) in [7, 11) is 1.70. The van der Waals surface area contributed by atoms with Crippen molar-refractivity contribution in [2.75, 3.05) is 5.73 Å². The van der Waals surface area contributed by atoms with Crippen LogP contribution in [0.5, 0.6) is 0 Å². The van der Waals surface area contributed by atoms with E-state index in [1.807, 2.05) is 0 Å². The molecule has 0 aliphatic heterocycles. The summed E-state index contributed by atoms with van der Waals surface area (Å²) in [5.41, 5.74) is 6.47. The zero-order valence-corrected chi connectivity index (χ0v) is 11.1. The lowest BCUT2D eigenvalue weighted by molar-refractivity contribution is -0.000240. The molecule has 1 fully saturated rings. The van der Waals surface area contributed by atoms with E-state index in [0.29, 0.717) is 17.3 Å². The van der Waals surface area contributed by atoms with E-state index in [-0.39, 0.29) is 12.1 Å². The van der Waals surface area contributed by atoms with E-state index in [1.54, 1.807) is 7.05 Å². The van der Waals surface area contributed by atoms with Crippen molar-refractivity contribution < 1.29 is 9.53 Å². The van der Waals surface area contributed by atoms with Crippen LogP contribution in [0.15, 0.2) is 6.20 Å². The van der Waals surface area contributed by atoms with Gasteiger partial charge in [-0.2, -0.15) is 5.10 Å². The summed E-state index contributed by atoms with van der Waals surface area (Å²) in [5, 5.41) is 3.96. The topological polar surface area (TPSA) is 70.1 Å². The highest BCUT2D eigenvalue weighted by Gasteiger charge is 2.28. The Bertz CT molecular complexity index is 408. The zero-order valence-electron chi connectivity index (χ0n) is 11.1. The molecule has 1 aliphatic rings. The lowest BCUT2D eigenvalue weighted by atomic mass is 9.85. The van der Waals surface area contributed by atoms with Crippen molar-refractivity contribution in [1.82, 2.24) is 9.78 Å². The summed E-state index contributed by atoms with van der Waals surface area (Å²) in [6.07, 6.45) is 7.05. The molecule has 2 N–H and O–H groups in total. The zero-order chi connectivity index (χ0) is 13.1. The molecular weight excluding hydrogens is 230 g/mol. The smallest absolute Gasteiger partial charge is 0.359 e. The number of nitrogens with zero attached hydrogens (tertiary/aromatic N) is 2.